The maximum Gasteiger partial charge on any atom is 0.212 e. The Morgan fingerprint density at radius 2 is 2.25 bits per heavy atom. The van der Waals surface area contributed by atoms with E-state index in [2.05, 4.69) is 10.3 Å². The summed E-state index contributed by atoms with van der Waals surface area (Å²) in [6.45, 7) is 0. The highest BCUT2D eigenvalue weighted by molar-refractivity contribution is 6.33. The van der Waals surface area contributed by atoms with E-state index in [0.29, 0.717) is 22.0 Å². The number of aromatic nitrogens is 3. The standard InChI is InChI=1S/C10H9ClN4O/c1-15-9(5-13-14-15)10(16)6-2-3-7(11)8(12)4-6/h2-5H,12H2,1H3. The number of ketones is 1. The lowest BCUT2D eigenvalue weighted by Gasteiger charge is -2.03. The van der Waals surface area contributed by atoms with Crippen molar-refractivity contribution in [1.82, 2.24) is 15.0 Å². The molecule has 0 aliphatic heterocycles. The second-order valence-electron chi connectivity index (χ2n) is 3.31. The van der Waals surface area contributed by atoms with Gasteiger partial charge in [0.25, 0.3) is 0 Å². The highest BCUT2D eigenvalue weighted by atomic mass is 35.5. The first-order chi connectivity index (χ1) is 7.59. The van der Waals surface area contributed by atoms with Gasteiger partial charge in [-0.25, -0.2) is 4.68 Å². The minimum Gasteiger partial charge on any atom is -0.398 e. The smallest absolute Gasteiger partial charge is 0.212 e. The van der Waals surface area contributed by atoms with Crippen LogP contribution in [0.3, 0.4) is 0 Å². The lowest BCUT2D eigenvalue weighted by molar-refractivity contribution is 0.103. The highest BCUT2D eigenvalue weighted by Crippen LogP contribution is 2.20. The maximum absolute atomic E-state index is 12.0. The third kappa shape index (κ3) is 1.77. The molecule has 0 bridgehead atoms. The summed E-state index contributed by atoms with van der Waals surface area (Å²) in [5.74, 6) is -0.184. The minimum absolute atomic E-state index is 0.184. The fourth-order valence-electron chi connectivity index (χ4n) is 1.33. The van der Waals surface area contributed by atoms with Gasteiger partial charge in [-0.2, -0.15) is 0 Å². The SMILES string of the molecule is Cn1nncc1C(=O)c1ccc(Cl)c(N)c1. The molecule has 0 aliphatic rings. The Morgan fingerprint density at radius 3 is 2.81 bits per heavy atom. The van der Waals surface area contributed by atoms with E-state index in [-0.39, 0.29) is 5.78 Å². The van der Waals surface area contributed by atoms with E-state index in [1.165, 1.54) is 16.9 Å². The topological polar surface area (TPSA) is 73.8 Å². The third-order valence-corrected chi connectivity index (χ3v) is 2.55. The first kappa shape index (κ1) is 10.6. The molecule has 0 spiro atoms. The number of hydrogen-bond donors (Lipinski definition) is 1. The van der Waals surface area contributed by atoms with Crippen LogP contribution < -0.4 is 5.73 Å². The first-order valence-electron chi connectivity index (χ1n) is 4.54. The lowest BCUT2D eigenvalue weighted by Crippen LogP contribution is -2.08. The molecule has 6 heteroatoms. The molecule has 82 valence electrons. The van der Waals surface area contributed by atoms with Crippen molar-refractivity contribution in [2.75, 3.05) is 5.73 Å². The Morgan fingerprint density at radius 1 is 1.50 bits per heavy atom. The second kappa shape index (κ2) is 3.94. The summed E-state index contributed by atoms with van der Waals surface area (Å²) in [7, 11) is 1.65. The van der Waals surface area contributed by atoms with Crippen molar-refractivity contribution < 1.29 is 4.79 Å². The summed E-state index contributed by atoms with van der Waals surface area (Å²) in [5.41, 5.74) is 6.87. The summed E-state index contributed by atoms with van der Waals surface area (Å²) < 4.78 is 1.41. The van der Waals surface area contributed by atoms with E-state index in [1.54, 1.807) is 19.2 Å². The van der Waals surface area contributed by atoms with Gasteiger partial charge in [0.15, 0.2) is 0 Å². The van der Waals surface area contributed by atoms with Crippen LogP contribution in [0, 0.1) is 0 Å². The Labute approximate surface area is 96.8 Å². The van der Waals surface area contributed by atoms with E-state index in [9.17, 15) is 4.79 Å². The van der Waals surface area contributed by atoms with Crippen LogP contribution in [0.2, 0.25) is 5.02 Å². The van der Waals surface area contributed by atoms with Crippen LogP contribution in [0.1, 0.15) is 16.1 Å². The average Bonchev–Trinajstić information content (AvgIpc) is 2.67. The number of nitrogens with two attached hydrogens (primary N) is 1. The van der Waals surface area contributed by atoms with E-state index in [1.807, 2.05) is 0 Å². The van der Waals surface area contributed by atoms with Gasteiger partial charge in [0, 0.05) is 12.6 Å². The fourth-order valence-corrected chi connectivity index (χ4v) is 1.45. The zero-order chi connectivity index (χ0) is 11.7. The maximum atomic E-state index is 12.0. The predicted octanol–water partition coefficient (Wildman–Crippen LogP) is 1.28. The Hall–Kier alpha value is -1.88. The van der Waals surface area contributed by atoms with Crippen LogP contribution in [0.5, 0.6) is 0 Å². The molecule has 2 rings (SSSR count). The van der Waals surface area contributed by atoms with Gasteiger partial charge in [-0.15, -0.1) is 5.10 Å². The number of rotatable bonds is 2. The van der Waals surface area contributed by atoms with Crippen LogP contribution in [0.25, 0.3) is 0 Å². The average molecular weight is 237 g/mol. The number of benzene rings is 1. The number of carbonyl (C=O) groups is 1. The monoisotopic (exact) mass is 236 g/mol. The number of nitrogens with zero attached hydrogens (tertiary/aromatic N) is 3. The molecule has 1 aromatic heterocycles. The van der Waals surface area contributed by atoms with Crippen molar-refractivity contribution in [2.45, 2.75) is 0 Å². The molecule has 2 aromatic rings. The summed E-state index contributed by atoms with van der Waals surface area (Å²) in [4.78, 5) is 12.0. The van der Waals surface area contributed by atoms with E-state index in [0.717, 1.165) is 0 Å². The van der Waals surface area contributed by atoms with E-state index < -0.39 is 0 Å². The van der Waals surface area contributed by atoms with Gasteiger partial charge in [0.2, 0.25) is 5.78 Å². The molecule has 0 amide bonds. The minimum atomic E-state index is -0.184. The van der Waals surface area contributed by atoms with Crippen LogP contribution >= 0.6 is 11.6 Å². The van der Waals surface area contributed by atoms with Crippen LogP contribution in [0.4, 0.5) is 5.69 Å². The van der Waals surface area contributed by atoms with Gasteiger partial charge < -0.3 is 5.73 Å². The highest BCUT2D eigenvalue weighted by Gasteiger charge is 2.14. The molecule has 0 unspecified atom stereocenters. The molecular formula is C10H9ClN4O. The van der Waals surface area contributed by atoms with Crippen LogP contribution in [-0.2, 0) is 7.05 Å². The molecule has 16 heavy (non-hydrogen) atoms. The predicted molar refractivity (Wildman–Crippen MR) is 60.3 cm³/mol. The molecule has 5 nitrogen and oxygen atoms in total. The van der Waals surface area contributed by atoms with Gasteiger partial charge in [-0.3, -0.25) is 4.79 Å². The van der Waals surface area contributed by atoms with Crippen molar-refractivity contribution in [2.24, 2.45) is 7.05 Å². The van der Waals surface area contributed by atoms with Crippen molar-refractivity contribution in [3.63, 3.8) is 0 Å². The van der Waals surface area contributed by atoms with Crippen molar-refractivity contribution in [3.05, 3.63) is 40.7 Å². The van der Waals surface area contributed by atoms with Gasteiger partial charge in [-0.1, -0.05) is 16.8 Å². The Bertz CT molecular complexity index is 550. The third-order valence-electron chi connectivity index (χ3n) is 2.21. The number of anilines is 1. The van der Waals surface area contributed by atoms with E-state index >= 15 is 0 Å². The number of carbonyl (C=O) groups excluding carboxylic acids is 1. The number of hydrogen-bond acceptors (Lipinski definition) is 4. The fraction of sp³-hybridized carbons (Fsp3) is 0.100. The molecule has 0 saturated heterocycles. The quantitative estimate of drug-likeness (QED) is 0.630. The molecule has 0 saturated carbocycles. The van der Waals surface area contributed by atoms with Crippen LogP contribution in [-0.4, -0.2) is 20.8 Å². The second-order valence-corrected chi connectivity index (χ2v) is 3.72. The summed E-state index contributed by atoms with van der Waals surface area (Å²) in [5, 5.41) is 7.77. The molecule has 0 radical (unpaired) electrons. The zero-order valence-electron chi connectivity index (χ0n) is 8.51. The van der Waals surface area contributed by atoms with Gasteiger partial charge in [0.05, 0.1) is 16.9 Å². The molecule has 1 aromatic carbocycles. The molecule has 1 heterocycles. The zero-order valence-corrected chi connectivity index (χ0v) is 9.27. The normalized spacial score (nSPS) is 10.4. The molecule has 0 atom stereocenters. The van der Waals surface area contributed by atoms with Crippen molar-refractivity contribution in [1.29, 1.82) is 0 Å². The Balaban J connectivity index is 2.42. The summed E-state index contributed by atoms with van der Waals surface area (Å²) in [6.07, 6.45) is 1.41. The number of nitrogen functional groups attached to an aromatic ring is 1. The van der Waals surface area contributed by atoms with E-state index in [4.69, 9.17) is 17.3 Å². The first-order valence-corrected chi connectivity index (χ1v) is 4.92. The molecule has 2 N–H and O–H groups in total. The Kier molecular flexibility index (Phi) is 2.62. The van der Waals surface area contributed by atoms with Crippen molar-refractivity contribution >= 4 is 23.1 Å². The largest absolute Gasteiger partial charge is 0.398 e. The summed E-state index contributed by atoms with van der Waals surface area (Å²) in [6, 6.07) is 4.75. The number of halogens is 1. The summed E-state index contributed by atoms with van der Waals surface area (Å²) >= 11 is 5.78. The van der Waals surface area contributed by atoms with Crippen LogP contribution in [0.15, 0.2) is 24.4 Å². The van der Waals surface area contributed by atoms with Crippen molar-refractivity contribution in [3.8, 4) is 0 Å². The van der Waals surface area contributed by atoms with Gasteiger partial charge in [-0.05, 0) is 18.2 Å². The molecular weight excluding hydrogens is 228 g/mol. The number of aryl methyl sites for hydroxylation is 1. The molecule has 0 aliphatic carbocycles. The molecule has 0 fully saturated rings. The van der Waals surface area contributed by atoms with Gasteiger partial charge in [0.1, 0.15) is 5.69 Å². The lowest BCUT2D eigenvalue weighted by atomic mass is 10.1. The van der Waals surface area contributed by atoms with Gasteiger partial charge >= 0.3 is 0 Å².